The predicted molar refractivity (Wildman–Crippen MR) is 115 cm³/mol. The normalized spacial score (nSPS) is 12.6. The summed E-state index contributed by atoms with van der Waals surface area (Å²) in [5.41, 5.74) is 1.98. The fourth-order valence-electron chi connectivity index (χ4n) is 3.14. The molecule has 0 saturated heterocycles. The summed E-state index contributed by atoms with van der Waals surface area (Å²) in [6.45, 7) is 8.86. The topological polar surface area (TPSA) is 76.5 Å². The Morgan fingerprint density at radius 1 is 1.21 bits per heavy atom. The van der Waals surface area contributed by atoms with Crippen LogP contribution >= 0.6 is 23.1 Å². The first kappa shape index (κ1) is 18.9. The highest BCUT2D eigenvalue weighted by Gasteiger charge is 2.20. The van der Waals surface area contributed by atoms with Crippen molar-refractivity contribution in [1.82, 2.24) is 24.7 Å². The number of benzene rings is 1. The molecule has 1 unspecified atom stereocenters. The molecule has 0 bridgehead atoms. The third-order valence-electron chi connectivity index (χ3n) is 4.79. The molecule has 0 spiro atoms. The first-order valence-corrected chi connectivity index (χ1v) is 10.8. The third kappa shape index (κ3) is 3.27. The van der Waals surface area contributed by atoms with Crippen LogP contribution in [0.5, 0.6) is 0 Å². The molecule has 28 heavy (non-hydrogen) atoms. The average Bonchev–Trinajstić information content (AvgIpc) is 3.22. The summed E-state index contributed by atoms with van der Waals surface area (Å²) < 4.78 is 2.09. The fourth-order valence-corrected chi connectivity index (χ4v) is 5.15. The van der Waals surface area contributed by atoms with Crippen LogP contribution in [0, 0.1) is 13.8 Å². The number of nitrogens with zero attached hydrogens (tertiary/aromatic N) is 4. The van der Waals surface area contributed by atoms with Gasteiger partial charge < -0.3 is 9.55 Å². The Morgan fingerprint density at radius 3 is 2.68 bits per heavy atom. The second-order valence-corrected chi connectivity index (χ2v) is 9.10. The van der Waals surface area contributed by atoms with Crippen molar-refractivity contribution in [3.05, 3.63) is 57.0 Å². The van der Waals surface area contributed by atoms with E-state index in [0.29, 0.717) is 11.2 Å². The molecule has 0 aliphatic rings. The van der Waals surface area contributed by atoms with Gasteiger partial charge in [-0.2, -0.15) is 0 Å². The lowest BCUT2D eigenvalue weighted by molar-refractivity contribution is 0.685. The summed E-state index contributed by atoms with van der Waals surface area (Å²) in [4.78, 5) is 22.2. The minimum absolute atomic E-state index is 0.0575. The molecule has 0 radical (unpaired) electrons. The third-order valence-corrected chi connectivity index (χ3v) is 6.98. The molecule has 4 rings (SSSR count). The number of hydrogen-bond acceptors (Lipinski definition) is 6. The van der Waals surface area contributed by atoms with Crippen LogP contribution in [0.4, 0.5) is 0 Å². The van der Waals surface area contributed by atoms with Gasteiger partial charge in [0.1, 0.15) is 10.7 Å². The number of hydrogen-bond donors (Lipinski definition) is 1. The molecule has 144 valence electrons. The fraction of sp³-hybridized carbons (Fsp3) is 0.300. The second kappa shape index (κ2) is 7.52. The Morgan fingerprint density at radius 2 is 1.96 bits per heavy atom. The number of rotatable bonds is 5. The van der Waals surface area contributed by atoms with Crippen LogP contribution in [0.2, 0.25) is 0 Å². The highest BCUT2D eigenvalue weighted by molar-refractivity contribution is 7.99. The van der Waals surface area contributed by atoms with Crippen molar-refractivity contribution in [2.75, 3.05) is 0 Å². The molecule has 0 fully saturated rings. The van der Waals surface area contributed by atoms with Gasteiger partial charge in [-0.05, 0) is 33.3 Å². The molecular formula is C20H21N5OS2. The largest absolute Gasteiger partial charge is 0.309 e. The zero-order valence-corrected chi connectivity index (χ0v) is 17.8. The van der Waals surface area contributed by atoms with E-state index in [1.165, 1.54) is 0 Å². The molecule has 4 aromatic rings. The zero-order chi connectivity index (χ0) is 19.8. The van der Waals surface area contributed by atoms with Crippen LogP contribution in [0.25, 0.3) is 21.6 Å². The van der Waals surface area contributed by atoms with Gasteiger partial charge in [-0.25, -0.2) is 4.98 Å². The van der Waals surface area contributed by atoms with Crippen molar-refractivity contribution >= 4 is 33.3 Å². The summed E-state index contributed by atoms with van der Waals surface area (Å²) in [5, 5.41) is 10.2. The average molecular weight is 412 g/mol. The summed E-state index contributed by atoms with van der Waals surface area (Å²) in [6.07, 6.45) is 0. The molecular weight excluding hydrogens is 390 g/mol. The number of H-pyrrole nitrogens is 1. The van der Waals surface area contributed by atoms with Crippen LogP contribution in [0.1, 0.15) is 35.4 Å². The van der Waals surface area contributed by atoms with Gasteiger partial charge in [-0.15, -0.1) is 21.5 Å². The van der Waals surface area contributed by atoms with Gasteiger partial charge in [0, 0.05) is 17.0 Å². The highest BCUT2D eigenvalue weighted by Crippen LogP contribution is 2.35. The van der Waals surface area contributed by atoms with Crippen molar-refractivity contribution in [3.63, 3.8) is 0 Å². The van der Waals surface area contributed by atoms with Crippen LogP contribution in [-0.4, -0.2) is 24.7 Å². The van der Waals surface area contributed by atoms with E-state index in [1.54, 1.807) is 23.1 Å². The lowest BCUT2D eigenvalue weighted by Crippen LogP contribution is -2.12. The second-order valence-electron chi connectivity index (χ2n) is 6.59. The van der Waals surface area contributed by atoms with Crippen LogP contribution < -0.4 is 5.56 Å². The van der Waals surface area contributed by atoms with Crippen molar-refractivity contribution < 1.29 is 0 Å². The Bertz CT molecular complexity index is 1190. The van der Waals surface area contributed by atoms with Gasteiger partial charge >= 0.3 is 0 Å². The number of aryl methyl sites for hydroxylation is 2. The van der Waals surface area contributed by atoms with E-state index in [1.807, 2.05) is 51.1 Å². The lowest BCUT2D eigenvalue weighted by atomic mass is 10.2. The molecule has 0 saturated carbocycles. The van der Waals surface area contributed by atoms with Crippen molar-refractivity contribution in [3.8, 4) is 11.4 Å². The molecule has 0 amide bonds. The van der Waals surface area contributed by atoms with E-state index < -0.39 is 0 Å². The van der Waals surface area contributed by atoms with E-state index >= 15 is 0 Å². The Kier molecular flexibility index (Phi) is 5.07. The standard InChI is InChI=1S/C20H21N5OS2/c1-5-25-17(14-9-7-6-8-10-14)23-24-20(25)28-13(4)16-21-18(26)15-11(2)12(3)27-19(15)22-16/h6-10,13H,5H2,1-4H3,(H,21,22,26). The van der Waals surface area contributed by atoms with E-state index in [0.717, 1.165) is 38.4 Å². The minimum Gasteiger partial charge on any atom is -0.309 e. The van der Waals surface area contributed by atoms with E-state index in [4.69, 9.17) is 4.98 Å². The molecule has 6 nitrogen and oxygen atoms in total. The number of thioether (sulfide) groups is 1. The summed E-state index contributed by atoms with van der Waals surface area (Å²) >= 11 is 3.12. The SMILES string of the molecule is CCn1c(SC(C)c2nc3sc(C)c(C)c3c(=O)[nH]2)nnc1-c1ccccc1. The maximum atomic E-state index is 12.6. The number of thiophene rings is 1. The smallest absolute Gasteiger partial charge is 0.259 e. The van der Waals surface area contributed by atoms with E-state index in [9.17, 15) is 4.79 Å². The maximum absolute atomic E-state index is 12.6. The monoisotopic (exact) mass is 411 g/mol. The molecule has 3 heterocycles. The maximum Gasteiger partial charge on any atom is 0.259 e. The summed E-state index contributed by atoms with van der Waals surface area (Å²) in [6, 6.07) is 10.0. The Labute approximate surface area is 171 Å². The Balaban J connectivity index is 1.68. The van der Waals surface area contributed by atoms with Crippen molar-refractivity contribution in [2.45, 2.75) is 44.6 Å². The number of nitrogens with one attached hydrogen (secondary N) is 1. The number of fused-ring (bicyclic) bond motifs is 1. The van der Waals surface area contributed by atoms with Crippen LogP contribution in [0.15, 0.2) is 40.3 Å². The van der Waals surface area contributed by atoms with Crippen LogP contribution in [-0.2, 0) is 6.54 Å². The Hall–Kier alpha value is -2.45. The van der Waals surface area contributed by atoms with Crippen molar-refractivity contribution in [1.29, 1.82) is 0 Å². The molecule has 1 N–H and O–H groups in total. The molecule has 0 aliphatic heterocycles. The van der Waals surface area contributed by atoms with Gasteiger partial charge in [0.15, 0.2) is 11.0 Å². The van der Waals surface area contributed by atoms with Gasteiger partial charge in [-0.3, -0.25) is 4.79 Å². The number of aromatic nitrogens is 5. The molecule has 1 atom stereocenters. The van der Waals surface area contributed by atoms with Gasteiger partial charge in [0.05, 0.1) is 10.6 Å². The summed E-state index contributed by atoms with van der Waals surface area (Å²) in [7, 11) is 0. The predicted octanol–water partition coefficient (Wildman–Crippen LogP) is 4.73. The molecule has 1 aromatic carbocycles. The minimum atomic E-state index is -0.0729. The number of aromatic amines is 1. The first-order valence-electron chi connectivity index (χ1n) is 9.14. The van der Waals surface area contributed by atoms with Crippen LogP contribution in [0.3, 0.4) is 0 Å². The van der Waals surface area contributed by atoms with Gasteiger partial charge in [0.25, 0.3) is 5.56 Å². The lowest BCUT2D eigenvalue weighted by Gasteiger charge is -2.12. The van der Waals surface area contributed by atoms with Gasteiger partial charge in [-0.1, -0.05) is 42.1 Å². The quantitative estimate of drug-likeness (QED) is 0.480. The molecule has 3 aromatic heterocycles. The molecule has 8 heteroatoms. The van der Waals surface area contributed by atoms with Crippen molar-refractivity contribution in [2.24, 2.45) is 0 Å². The zero-order valence-electron chi connectivity index (χ0n) is 16.2. The van der Waals surface area contributed by atoms with E-state index in [2.05, 4.69) is 26.7 Å². The molecule has 0 aliphatic carbocycles. The van der Waals surface area contributed by atoms with E-state index in [-0.39, 0.29) is 10.8 Å². The summed E-state index contributed by atoms with van der Waals surface area (Å²) in [5.74, 6) is 1.51. The van der Waals surface area contributed by atoms with Gasteiger partial charge in [0.2, 0.25) is 0 Å². The highest BCUT2D eigenvalue weighted by atomic mass is 32.2. The first-order chi connectivity index (χ1) is 13.5.